The van der Waals surface area contributed by atoms with Gasteiger partial charge in [0.2, 0.25) is 0 Å². The van der Waals surface area contributed by atoms with Gasteiger partial charge in [0.05, 0.1) is 0 Å². The van der Waals surface area contributed by atoms with E-state index in [2.05, 4.69) is 15.9 Å². The van der Waals surface area contributed by atoms with E-state index in [1.54, 1.807) is 12.1 Å². The molecule has 3 aromatic carbocycles. The predicted molar refractivity (Wildman–Crippen MR) is 86.8 cm³/mol. The molecule has 106 valence electrons. The smallest absolute Gasteiger partial charge is 0.157 e. The van der Waals surface area contributed by atoms with Crippen molar-refractivity contribution in [3.63, 3.8) is 0 Å². The van der Waals surface area contributed by atoms with Gasteiger partial charge in [-0.2, -0.15) is 0 Å². The van der Waals surface area contributed by atoms with Crippen molar-refractivity contribution in [1.82, 2.24) is 0 Å². The molecule has 0 aliphatic rings. The fraction of sp³-hybridized carbons (Fsp3) is 0.0588. The van der Waals surface area contributed by atoms with Crippen LogP contribution in [0.2, 0.25) is 0 Å². The second-order valence-electron chi connectivity index (χ2n) is 4.74. The van der Waals surface area contributed by atoms with Gasteiger partial charge in [-0.25, -0.2) is 4.39 Å². The molecule has 0 bridgehead atoms. The molecule has 0 saturated carbocycles. The van der Waals surface area contributed by atoms with Crippen LogP contribution >= 0.6 is 15.9 Å². The van der Waals surface area contributed by atoms with Gasteiger partial charge in [-0.05, 0) is 29.1 Å². The molecule has 4 heteroatoms. The van der Waals surface area contributed by atoms with Crippen molar-refractivity contribution in [1.29, 1.82) is 0 Å². The molecule has 0 heterocycles. The van der Waals surface area contributed by atoms with Gasteiger partial charge in [0.15, 0.2) is 5.82 Å². The highest BCUT2D eigenvalue weighted by molar-refractivity contribution is 9.10. The summed E-state index contributed by atoms with van der Waals surface area (Å²) < 4.78 is 20.8. The highest BCUT2D eigenvalue weighted by Crippen LogP contribution is 2.33. The number of nitrogen functional groups attached to an aromatic ring is 1. The number of benzene rings is 3. The molecule has 0 spiro atoms. The molecule has 0 aliphatic heterocycles. The Morgan fingerprint density at radius 3 is 2.57 bits per heavy atom. The first-order chi connectivity index (χ1) is 10.1. The Kier molecular flexibility index (Phi) is 3.80. The molecule has 3 aromatic rings. The first-order valence-corrected chi connectivity index (χ1v) is 7.28. The number of ether oxygens (including phenoxy) is 1. The average Bonchev–Trinajstić information content (AvgIpc) is 2.51. The van der Waals surface area contributed by atoms with Gasteiger partial charge >= 0.3 is 0 Å². The molecule has 0 unspecified atom stereocenters. The van der Waals surface area contributed by atoms with E-state index in [1.165, 1.54) is 0 Å². The molecule has 2 N–H and O–H groups in total. The van der Waals surface area contributed by atoms with E-state index < -0.39 is 5.82 Å². The zero-order chi connectivity index (χ0) is 14.8. The van der Waals surface area contributed by atoms with E-state index >= 15 is 0 Å². The summed E-state index contributed by atoms with van der Waals surface area (Å²) in [5, 5.41) is 1.24. The maximum atomic E-state index is 14.3. The highest BCUT2D eigenvalue weighted by Gasteiger charge is 2.12. The standard InChI is InChI=1S/C17H13BrFNO/c18-13-7-6-12-8-15(17(20)16(19)14(12)9-13)21-10-11-4-2-1-3-5-11/h1-9H,10,20H2. The fourth-order valence-electron chi connectivity index (χ4n) is 2.17. The second kappa shape index (κ2) is 5.74. The van der Waals surface area contributed by atoms with Gasteiger partial charge in [0.1, 0.15) is 18.0 Å². The van der Waals surface area contributed by atoms with Crippen LogP contribution in [0, 0.1) is 5.82 Å². The molecule has 0 saturated heterocycles. The van der Waals surface area contributed by atoms with Crippen LogP contribution in [0.25, 0.3) is 10.8 Å². The minimum absolute atomic E-state index is 0.0385. The summed E-state index contributed by atoms with van der Waals surface area (Å²) in [6.07, 6.45) is 0. The van der Waals surface area contributed by atoms with Crippen molar-refractivity contribution in [3.05, 3.63) is 70.5 Å². The largest absolute Gasteiger partial charge is 0.487 e. The molecule has 0 amide bonds. The molecule has 2 nitrogen and oxygen atoms in total. The number of fused-ring (bicyclic) bond motifs is 1. The number of hydrogen-bond acceptors (Lipinski definition) is 2. The lowest BCUT2D eigenvalue weighted by molar-refractivity contribution is 0.307. The summed E-state index contributed by atoms with van der Waals surface area (Å²) in [5.41, 5.74) is 6.89. The Hall–Kier alpha value is -2.07. The number of rotatable bonds is 3. The molecule has 3 rings (SSSR count). The van der Waals surface area contributed by atoms with Crippen LogP contribution in [0.5, 0.6) is 5.75 Å². The summed E-state index contributed by atoms with van der Waals surface area (Å²) in [6.45, 7) is 0.354. The van der Waals surface area contributed by atoms with E-state index in [4.69, 9.17) is 10.5 Å². The van der Waals surface area contributed by atoms with Crippen LogP contribution in [0.15, 0.2) is 59.1 Å². The Morgan fingerprint density at radius 2 is 1.81 bits per heavy atom. The lowest BCUT2D eigenvalue weighted by atomic mass is 10.1. The number of hydrogen-bond donors (Lipinski definition) is 1. The fourth-order valence-corrected chi connectivity index (χ4v) is 2.53. The molecule has 21 heavy (non-hydrogen) atoms. The maximum Gasteiger partial charge on any atom is 0.157 e. The lowest BCUT2D eigenvalue weighted by Gasteiger charge is -2.12. The third-order valence-corrected chi connectivity index (χ3v) is 3.77. The van der Waals surface area contributed by atoms with Gasteiger partial charge in [-0.3, -0.25) is 0 Å². The van der Waals surface area contributed by atoms with Gasteiger partial charge in [-0.1, -0.05) is 52.3 Å². The van der Waals surface area contributed by atoms with E-state index in [-0.39, 0.29) is 5.69 Å². The summed E-state index contributed by atoms with van der Waals surface area (Å²) in [6, 6.07) is 16.9. The van der Waals surface area contributed by atoms with Crippen molar-refractivity contribution in [2.24, 2.45) is 0 Å². The van der Waals surface area contributed by atoms with Crippen LogP contribution in [-0.2, 0) is 6.61 Å². The zero-order valence-corrected chi connectivity index (χ0v) is 12.7. The van der Waals surface area contributed by atoms with Gasteiger partial charge < -0.3 is 10.5 Å². The first kappa shape index (κ1) is 13.9. The normalized spacial score (nSPS) is 10.8. The molecule has 0 aliphatic carbocycles. The SMILES string of the molecule is Nc1c(OCc2ccccc2)cc2ccc(Br)cc2c1F. The third-order valence-electron chi connectivity index (χ3n) is 3.28. The van der Waals surface area contributed by atoms with Crippen LogP contribution < -0.4 is 10.5 Å². The Balaban J connectivity index is 1.95. The van der Waals surface area contributed by atoms with Crippen LogP contribution in [0.4, 0.5) is 10.1 Å². The van der Waals surface area contributed by atoms with Crippen LogP contribution in [0.1, 0.15) is 5.56 Å². The van der Waals surface area contributed by atoms with Crippen LogP contribution in [-0.4, -0.2) is 0 Å². The molecule has 0 radical (unpaired) electrons. The van der Waals surface area contributed by atoms with E-state index in [1.807, 2.05) is 42.5 Å². The summed E-state index contributed by atoms with van der Waals surface area (Å²) in [4.78, 5) is 0. The highest BCUT2D eigenvalue weighted by atomic mass is 79.9. The minimum atomic E-state index is -0.447. The summed E-state index contributed by atoms with van der Waals surface area (Å²) >= 11 is 3.33. The molecule has 0 atom stereocenters. The van der Waals surface area contributed by atoms with Gasteiger partial charge in [0, 0.05) is 9.86 Å². The monoisotopic (exact) mass is 345 g/mol. The number of anilines is 1. The Morgan fingerprint density at radius 1 is 1.05 bits per heavy atom. The van der Waals surface area contributed by atoms with Crippen molar-refractivity contribution in [3.8, 4) is 5.75 Å². The van der Waals surface area contributed by atoms with Gasteiger partial charge in [-0.15, -0.1) is 0 Å². The van der Waals surface area contributed by atoms with Crippen molar-refractivity contribution in [2.45, 2.75) is 6.61 Å². The second-order valence-corrected chi connectivity index (χ2v) is 5.66. The number of halogens is 2. The molecule has 0 aromatic heterocycles. The van der Waals surface area contributed by atoms with E-state index in [0.717, 1.165) is 15.4 Å². The number of nitrogens with two attached hydrogens (primary N) is 1. The quantitative estimate of drug-likeness (QED) is 0.685. The topological polar surface area (TPSA) is 35.2 Å². The Bertz CT molecular complexity index is 790. The summed E-state index contributed by atoms with van der Waals surface area (Å²) in [7, 11) is 0. The van der Waals surface area contributed by atoms with Crippen LogP contribution in [0.3, 0.4) is 0 Å². The van der Waals surface area contributed by atoms with Crippen molar-refractivity contribution >= 4 is 32.4 Å². The minimum Gasteiger partial charge on any atom is -0.487 e. The molecular formula is C17H13BrFNO. The van der Waals surface area contributed by atoms with Crippen molar-refractivity contribution < 1.29 is 9.13 Å². The van der Waals surface area contributed by atoms with Gasteiger partial charge in [0.25, 0.3) is 0 Å². The molecule has 0 fully saturated rings. The predicted octanol–water partition coefficient (Wildman–Crippen LogP) is 4.90. The zero-order valence-electron chi connectivity index (χ0n) is 11.1. The third kappa shape index (κ3) is 2.85. The van der Waals surface area contributed by atoms with Crippen molar-refractivity contribution in [2.75, 3.05) is 5.73 Å². The lowest BCUT2D eigenvalue weighted by Crippen LogP contribution is -2.01. The Labute approximate surface area is 130 Å². The maximum absolute atomic E-state index is 14.3. The van der Waals surface area contributed by atoms with E-state index in [0.29, 0.717) is 17.7 Å². The average molecular weight is 346 g/mol. The summed E-state index contributed by atoms with van der Waals surface area (Å²) in [5.74, 6) is -0.0805. The first-order valence-electron chi connectivity index (χ1n) is 6.49. The molecular weight excluding hydrogens is 333 g/mol. The van der Waals surface area contributed by atoms with E-state index in [9.17, 15) is 4.39 Å².